The number of imidazole rings is 1. The molecule has 1 radical (unpaired) electrons. The highest BCUT2D eigenvalue weighted by Gasteiger charge is 2.11. The summed E-state index contributed by atoms with van der Waals surface area (Å²) in [5, 5.41) is 0.600. The number of benzene rings is 3. The molecule has 6 heteroatoms. The van der Waals surface area contributed by atoms with E-state index in [1.807, 2.05) is 18.2 Å². The number of ether oxygens (including phenoxy) is 1. The van der Waals surface area contributed by atoms with Crippen LogP contribution in [0.4, 0.5) is 0 Å². The average Bonchev–Trinajstić information content (AvgIpc) is 3.02. The van der Waals surface area contributed by atoms with Crippen molar-refractivity contribution in [2.24, 2.45) is 0 Å². The molecule has 4 aromatic rings. The highest BCUT2D eigenvalue weighted by atomic mass is 127. The van der Waals surface area contributed by atoms with Crippen molar-refractivity contribution in [2.45, 2.75) is 6.92 Å². The van der Waals surface area contributed by atoms with Gasteiger partial charge in [-0.1, -0.05) is 60.1 Å². The number of halogens is 2. The zero-order valence-corrected chi connectivity index (χ0v) is 17.2. The second-order valence-electron chi connectivity index (χ2n) is 6.07. The van der Waals surface area contributed by atoms with Crippen molar-refractivity contribution in [2.75, 3.05) is 0 Å². The molecule has 0 aliphatic rings. The van der Waals surface area contributed by atoms with E-state index in [4.69, 9.17) is 16.3 Å². The second-order valence-corrected chi connectivity index (χ2v) is 7.72. The number of nitrogens with one attached hydrogen (secondary N) is 1. The van der Waals surface area contributed by atoms with E-state index in [1.165, 1.54) is 16.1 Å². The van der Waals surface area contributed by atoms with Gasteiger partial charge in [0.05, 0.1) is 16.1 Å². The Morgan fingerprint density at radius 3 is 2.22 bits per heavy atom. The van der Waals surface area contributed by atoms with E-state index in [1.54, 1.807) is 6.07 Å². The normalized spacial score (nSPS) is 10.9. The van der Waals surface area contributed by atoms with Gasteiger partial charge in [-0.15, -0.1) is 0 Å². The Balaban J connectivity index is 1.69. The third-order valence-electron chi connectivity index (χ3n) is 4.16. The summed E-state index contributed by atoms with van der Waals surface area (Å²) in [6.07, 6.45) is 0. The Hall–Kier alpha value is -2.38. The molecule has 1 aromatic heterocycles. The van der Waals surface area contributed by atoms with Gasteiger partial charge in [-0.2, -0.15) is 8.55 Å². The monoisotopic (exact) mass is 488 g/mol. The van der Waals surface area contributed by atoms with Gasteiger partial charge in [0.25, 0.3) is 0 Å². The number of esters is 1. The first-order valence-electron chi connectivity index (χ1n) is 8.23. The number of aromatic nitrogens is 2. The number of nitrogens with zero attached hydrogens (tertiary/aromatic N) is 1. The Labute approximate surface area is 174 Å². The fourth-order valence-electron chi connectivity index (χ4n) is 2.90. The molecule has 0 atom stereocenters. The van der Waals surface area contributed by atoms with Crippen molar-refractivity contribution in [3.8, 4) is 28.3 Å². The summed E-state index contributed by atoms with van der Waals surface area (Å²) in [5.41, 5.74) is 5.58. The summed E-state index contributed by atoms with van der Waals surface area (Å²) in [6.45, 7) is 1.33. The number of H-pyrrole nitrogens is 1. The molecule has 0 aliphatic heterocycles. The standard InChI is InChI=1S/C21H14ClIN2O2/c1-12(26)27-21-24-19-10-17(18(22)11-20(19)25-21)15-4-2-13(3-5-15)14-6-8-16(23)9-7-14/h2-11H,1H3,(H,24,25)/q-1. The van der Waals surface area contributed by atoms with Crippen molar-refractivity contribution in [3.05, 3.63) is 69.3 Å². The minimum absolute atomic E-state index is 0.166. The molecule has 0 unspecified atom stereocenters. The van der Waals surface area contributed by atoms with Gasteiger partial charge < -0.3 is 32.3 Å². The summed E-state index contributed by atoms with van der Waals surface area (Å²) in [4.78, 5) is 18.3. The average molecular weight is 489 g/mol. The van der Waals surface area contributed by atoms with Gasteiger partial charge in [0.15, 0.2) is 0 Å². The van der Waals surface area contributed by atoms with E-state index in [2.05, 4.69) is 69.0 Å². The number of hydrogen-bond donors (Lipinski definition) is 1. The van der Waals surface area contributed by atoms with Crippen LogP contribution in [0.25, 0.3) is 33.3 Å². The first-order chi connectivity index (χ1) is 13.0. The lowest BCUT2D eigenvalue weighted by molar-refractivity contribution is -0.328. The van der Waals surface area contributed by atoms with Crippen molar-refractivity contribution >= 4 is 28.6 Å². The first kappa shape index (κ1) is 18.0. The molecule has 4 rings (SSSR count). The third kappa shape index (κ3) is 3.84. The number of rotatable bonds is 3. The summed E-state index contributed by atoms with van der Waals surface area (Å²) in [7, 11) is 0. The van der Waals surface area contributed by atoms with Gasteiger partial charge in [-0.25, -0.2) is 0 Å². The van der Waals surface area contributed by atoms with Gasteiger partial charge in [0, 0.05) is 12.5 Å². The molecule has 3 aromatic carbocycles. The van der Waals surface area contributed by atoms with Crippen molar-refractivity contribution in [1.82, 2.24) is 9.97 Å². The van der Waals surface area contributed by atoms with Crippen LogP contribution in [0.5, 0.6) is 6.01 Å². The highest BCUT2D eigenvalue weighted by Crippen LogP contribution is 2.33. The maximum atomic E-state index is 11.1. The quantitative estimate of drug-likeness (QED) is 0.355. The smallest absolute Gasteiger partial charge is 0.310 e. The van der Waals surface area contributed by atoms with Gasteiger partial charge in [-0.05, 0) is 28.8 Å². The largest absolute Gasteiger partial charge is 0.759 e. The lowest BCUT2D eigenvalue weighted by atomic mass is 10.00. The molecule has 27 heavy (non-hydrogen) atoms. The molecule has 1 N–H and O–H groups in total. The zero-order valence-electron chi connectivity index (χ0n) is 14.3. The maximum absolute atomic E-state index is 11.1. The van der Waals surface area contributed by atoms with Gasteiger partial charge in [0.1, 0.15) is 0 Å². The van der Waals surface area contributed by atoms with E-state index in [0.29, 0.717) is 10.5 Å². The van der Waals surface area contributed by atoms with Crippen LogP contribution in [0.15, 0.2) is 60.7 Å². The van der Waals surface area contributed by atoms with E-state index in [-0.39, 0.29) is 6.01 Å². The molecule has 1 heterocycles. The molecule has 0 bridgehead atoms. The Kier molecular flexibility index (Phi) is 4.88. The Morgan fingerprint density at radius 2 is 1.59 bits per heavy atom. The molecule has 0 fully saturated rings. The zero-order chi connectivity index (χ0) is 19.0. The van der Waals surface area contributed by atoms with Gasteiger partial charge >= 0.3 is 12.0 Å². The second kappa shape index (κ2) is 7.32. The summed E-state index contributed by atoms with van der Waals surface area (Å²) in [5.74, 6) is -0.424. The van der Waals surface area contributed by atoms with Crippen LogP contribution in [0.2, 0.25) is 5.02 Å². The fraction of sp³-hybridized carbons (Fsp3) is 0.0476. The SMILES string of the molecule is CC(=O)Oc1nc2cc(-c3ccc(-c4ccc([I-])cc4)cc3)c(Cl)cc2[nH]1. The lowest BCUT2D eigenvalue weighted by Crippen LogP contribution is -3.34. The highest BCUT2D eigenvalue weighted by molar-refractivity contribution is 6.34. The molecule has 0 saturated heterocycles. The molecular weight excluding hydrogens is 475 g/mol. The molecule has 0 aliphatic carbocycles. The number of fused-ring (bicyclic) bond motifs is 1. The number of aromatic amines is 1. The summed E-state index contributed by atoms with van der Waals surface area (Å²) < 4.78 is 6.22. The third-order valence-corrected chi connectivity index (χ3v) is 5.19. The van der Waals surface area contributed by atoms with Crippen LogP contribution >= 0.6 is 11.6 Å². The lowest BCUT2D eigenvalue weighted by Gasteiger charge is -2.09. The number of carbonyl (C=O) groups is 1. The summed E-state index contributed by atoms with van der Waals surface area (Å²) in [6, 6.07) is 20.5. The van der Waals surface area contributed by atoms with Crippen LogP contribution in [-0.4, -0.2) is 15.9 Å². The molecule has 4 nitrogen and oxygen atoms in total. The van der Waals surface area contributed by atoms with Crippen molar-refractivity contribution in [1.29, 1.82) is 0 Å². The predicted octanol–water partition coefficient (Wildman–Crippen LogP) is 2.20. The van der Waals surface area contributed by atoms with E-state index < -0.39 is 5.97 Å². The fourth-order valence-corrected chi connectivity index (χ4v) is 3.53. The molecule has 0 saturated carbocycles. The van der Waals surface area contributed by atoms with Crippen LogP contribution in [0.3, 0.4) is 0 Å². The molecule has 0 spiro atoms. The topological polar surface area (TPSA) is 55.0 Å². The van der Waals surface area contributed by atoms with E-state index in [0.717, 1.165) is 22.2 Å². The van der Waals surface area contributed by atoms with Gasteiger partial charge in [-0.3, -0.25) is 4.79 Å². The van der Waals surface area contributed by atoms with E-state index in [9.17, 15) is 4.79 Å². The maximum Gasteiger partial charge on any atom is 0.310 e. The van der Waals surface area contributed by atoms with E-state index >= 15 is 0 Å². The molecule has 135 valence electrons. The Morgan fingerprint density at radius 1 is 1.00 bits per heavy atom. The Bertz CT molecular complexity index is 1140. The van der Waals surface area contributed by atoms with Crippen LogP contribution in [0, 0.1) is 3.57 Å². The minimum Gasteiger partial charge on any atom is -0.759 e. The number of hydrogen-bond acceptors (Lipinski definition) is 3. The first-order valence-corrected chi connectivity index (χ1v) is 9.69. The summed E-state index contributed by atoms with van der Waals surface area (Å²) >= 11 is 8.77. The molecular formula is C21H14ClIN2O2-. The number of carbonyl (C=O) groups excluding carboxylic acids is 1. The van der Waals surface area contributed by atoms with Gasteiger partial charge in [0.2, 0.25) is 0 Å². The van der Waals surface area contributed by atoms with Crippen LogP contribution in [-0.2, 0) is 4.79 Å². The van der Waals surface area contributed by atoms with Crippen LogP contribution in [0.1, 0.15) is 6.92 Å². The predicted molar refractivity (Wildman–Crippen MR) is 102 cm³/mol. The van der Waals surface area contributed by atoms with Crippen molar-refractivity contribution in [3.63, 3.8) is 0 Å². The van der Waals surface area contributed by atoms with Crippen LogP contribution < -0.4 is 27.3 Å². The van der Waals surface area contributed by atoms with Crippen molar-refractivity contribution < 1.29 is 32.1 Å². The molecule has 0 amide bonds. The minimum atomic E-state index is -0.424.